The van der Waals surface area contributed by atoms with Crippen molar-refractivity contribution in [2.75, 3.05) is 13.7 Å². The van der Waals surface area contributed by atoms with E-state index in [1.165, 1.54) is 12.8 Å². The molecular weight excluding hydrogens is 332 g/mol. The van der Waals surface area contributed by atoms with E-state index in [9.17, 15) is 4.79 Å². The van der Waals surface area contributed by atoms with Gasteiger partial charge < -0.3 is 15.4 Å². The van der Waals surface area contributed by atoms with Gasteiger partial charge in [0, 0.05) is 22.1 Å². The lowest BCUT2D eigenvalue weighted by atomic mass is 10.1. The van der Waals surface area contributed by atoms with Gasteiger partial charge >= 0.3 is 0 Å². The maximum absolute atomic E-state index is 11.9. The number of benzene rings is 1. The van der Waals surface area contributed by atoms with Gasteiger partial charge in [-0.15, -0.1) is 0 Å². The highest BCUT2D eigenvalue weighted by molar-refractivity contribution is 9.10. The Kier molecular flexibility index (Phi) is 6.06. The third-order valence-electron chi connectivity index (χ3n) is 3.95. The molecule has 2 N–H and O–H groups in total. The molecule has 2 rings (SSSR count). The second kappa shape index (κ2) is 7.80. The van der Waals surface area contributed by atoms with Crippen LogP contribution >= 0.6 is 15.9 Å². The first-order chi connectivity index (χ1) is 10.1. The fraction of sp³-hybridized carbons (Fsp3) is 0.562. The standard InChI is InChI=1S/C16H23BrN2O2/c1-11(18-2)14-8-7-12(17)9-15(14)21-10-16(20)19-13-5-3-4-6-13/h7-9,11,13,18H,3-6,10H2,1-2H3,(H,19,20). The van der Waals surface area contributed by atoms with Crippen LogP contribution in [0.2, 0.25) is 0 Å². The smallest absolute Gasteiger partial charge is 0.258 e. The number of ether oxygens (including phenoxy) is 1. The Morgan fingerprint density at radius 1 is 1.43 bits per heavy atom. The van der Waals surface area contributed by atoms with Crippen LogP contribution in [0, 0.1) is 0 Å². The molecule has 1 atom stereocenters. The van der Waals surface area contributed by atoms with Crippen molar-refractivity contribution in [2.45, 2.75) is 44.7 Å². The molecule has 0 bridgehead atoms. The minimum atomic E-state index is -0.0371. The number of hydrogen-bond donors (Lipinski definition) is 2. The van der Waals surface area contributed by atoms with Crippen LogP contribution in [0.25, 0.3) is 0 Å². The first-order valence-corrected chi connectivity index (χ1v) is 8.28. The molecule has 0 radical (unpaired) electrons. The average molecular weight is 355 g/mol. The molecule has 1 aromatic carbocycles. The molecule has 21 heavy (non-hydrogen) atoms. The fourth-order valence-corrected chi connectivity index (χ4v) is 2.97. The summed E-state index contributed by atoms with van der Waals surface area (Å²) in [6, 6.07) is 6.40. The van der Waals surface area contributed by atoms with E-state index in [4.69, 9.17) is 4.74 Å². The first kappa shape index (κ1) is 16.3. The molecule has 0 heterocycles. The van der Waals surface area contributed by atoms with Crippen LogP contribution in [0.15, 0.2) is 22.7 Å². The lowest BCUT2D eigenvalue weighted by Gasteiger charge is -2.17. The minimum Gasteiger partial charge on any atom is -0.483 e. The summed E-state index contributed by atoms with van der Waals surface area (Å²) in [6.45, 7) is 2.13. The summed E-state index contributed by atoms with van der Waals surface area (Å²) in [4.78, 5) is 11.9. The van der Waals surface area contributed by atoms with Gasteiger partial charge in [0.1, 0.15) is 5.75 Å². The molecule has 0 aliphatic heterocycles. The van der Waals surface area contributed by atoms with Gasteiger partial charge in [-0.25, -0.2) is 0 Å². The van der Waals surface area contributed by atoms with Crippen LogP contribution in [-0.4, -0.2) is 25.6 Å². The molecule has 0 aromatic heterocycles. The van der Waals surface area contributed by atoms with Crippen molar-refractivity contribution in [3.63, 3.8) is 0 Å². The van der Waals surface area contributed by atoms with Gasteiger partial charge in [-0.1, -0.05) is 34.8 Å². The molecule has 1 amide bonds. The number of amides is 1. The third kappa shape index (κ3) is 4.71. The summed E-state index contributed by atoms with van der Waals surface area (Å²) in [5.74, 6) is 0.706. The quantitative estimate of drug-likeness (QED) is 0.824. The summed E-state index contributed by atoms with van der Waals surface area (Å²) in [6.07, 6.45) is 4.60. The van der Waals surface area contributed by atoms with E-state index >= 15 is 0 Å². The zero-order chi connectivity index (χ0) is 15.2. The molecule has 1 saturated carbocycles. The largest absolute Gasteiger partial charge is 0.483 e. The summed E-state index contributed by atoms with van der Waals surface area (Å²) in [7, 11) is 1.91. The van der Waals surface area contributed by atoms with Gasteiger partial charge in [-0.3, -0.25) is 4.79 Å². The lowest BCUT2D eigenvalue weighted by Crippen LogP contribution is -2.36. The normalized spacial score (nSPS) is 16.7. The molecule has 1 fully saturated rings. The van der Waals surface area contributed by atoms with E-state index in [0.717, 1.165) is 28.6 Å². The molecule has 1 aromatic rings. The second-order valence-electron chi connectivity index (χ2n) is 5.53. The number of carbonyl (C=O) groups excluding carboxylic acids is 1. The van der Waals surface area contributed by atoms with Crippen molar-refractivity contribution in [3.8, 4) is 5.75 Å². The monoisotopic (exact) mass is 354 g/mol. The summed E-state index contributed by atoms with van der Waals surface area (Å²) in [5, 5.41) is 6.23. The lowest BCUT2D eigenvalue weighted by molar-refractivity contribution is -0.123. The number of hydrogen-bond acceptors (Lipinski definition) is 3. The maximum Gasteiger partial charge on any atom is 0.258 e. The van der Waals surface area contributed by atoms with E-state index in [1.807, 2.05) is 25.2 Å². The van der Waals surface area contributed by atoms with Gasteiger partial charge in [0.15, 0.2) is 6.61 Å². The van der Waals surface area contributed by atoms with Crippen LogP contribution in [0.4, 0.5) is 0 Å². The Bertz CT molecular complexity index is 487. The van der Waals surface area contributed by atoms with Gasteiger partial charge in [-0.2, -0.15) is 0 Å². The Labute approximate surface area is 134 Å². The Morgan fingerprint density at radius 2 is 2.14 bits per heavy atom. The topological polar surface area (TPSA) is 50.4 Å². The first-order valence-electron chi connectivity index (χ1n) is 7.49. The van der Waals surface area contributed by atoms with E-state index in [0.29, 0.717) is 6.04 Å². The number of halogens is 1. The van der Waals surface area contributed by atoms with Crippen molar-refractivity contribution >= 4 is 21.8 Å². The molecule has 0 saturated heterocycles. The molecule has 0 spiro atoms. The van der Waals surface area contributed by atoms with Crippen molar-refractivity contribution in [3.05, 3.63) is 28.2 Å². The summed E-state index contributed by atoms with van der Waals surface area (Å²) < 4.78 is 6.68. The highest BCUT2D eigenvalue weighted by Crippen LogP contribution is 2.28. The number of carbonyl (C=O) groups is 1. The summed E-state index contributed by atoms with van der Waals surface area (Å²) in [5.41, 5.74) is 1.05. The van der Waals surface area contributed by atoms with Crippen molar-refractivity contribution < 1.29 is 9.53 Å². The van der Waals surface area contributed by atoms with E-state index in [2.05, 4.69) is 33.5 Å². The predicted molar refractivity (Wildman–Crippen MR) is 87.5 cm³/mol. The highest BCUT2D eigenvalue weighted by atomic mass is 79.9. The van der Waals surface area contributed by atoms with Crippen LogP contribution in [-0.2, 0) is 4.79 Å². The van der Waals surface area contributed by atoms with E-state index in [-0.39, 0.29) is 18.6 Å². The van der Waals surface area contributed by atoms with Crippen LogP contribution in [0.5, 0.6) is 5.75 Å². The third-order valence-corrected chi connectivity index (χ3v) is 4.45. The van der Waals surface area contributed by atoms with Crippen LogP contribution in [0.1, 0.15) is 44.2 Å². The second-order valence-corrected chi connectivity index (χ2v) is 6.45. The Morgan fingerprint density at radius 3 is 2.81 bits per heavy atom. The molecule has 1 aliphatic rings. The zero-order valence-corrected chi connectivity index (χ0v) is 14.2. The molecule has 4 nitrogen and oxygen atoms in total. The number of rotatable bonds is 6. The molecule has 5 heteroatoms. The highest BCUT2D eigenvalue weighted by Gasteiger charge is 2.18. The van der Waals surface area contributed by atoms with Gasteiger partial charge in [0.05, 0.1) is 0 Å². The van der Waals surface area contributed by atoms with Crippen molar-refractivity contribution in [2.24, 2.45) is 0 Å². The summed E-state index contributed by atoms with van der Waals surface area (Å²) >= 11 is 3.44. The van der Waals surface area contributed by atoms with Crippen LogP contribution in [0.3, 0.4) is 0 Å². The van der Waals surface area contributed by atoms with Gasteiger partial charge in [-0.05, 0) is 38.9 Å². The fourth-order valence-electron chi connectivity index (χ4n) is 2.63. The van der Waals surface area contributed by atoms with Crippen molar-refractivity contribution in [1.29, 1.82) is 0 Å². The van der Waals surface area contributed by atoms with Crippen LogP contribution < -0.4 is 15.4 Å². The molecular formula is C16H23BrN2O2. The van der Waals surface area contributed by atoms with E-state index < -0.39 is 0 Å². The SMILES string of the molecule is CNC(C)c1ccc(Br)cc1OCC(=O)NC1CCCC1. The van der Waals surface area contributed by atoms with Gasteiger partial charge in [0.25, 0.3) is 5.91 Å². The molecule has 1 aliphatic carbocycles. The van der Waals surface area contributed by atoms with Crippen molar-refractivity contribution in [1.82, 2.24) is 10.6 Å². The predicted octanol–water partition coefficient (Wildman–Crippen LogP) is 3.17. The van der Waals surface area contributed by atoms with E-state index in [1.54, 1.807) is 0 Å². The maximum atomic E-state index is 11.9. The minimum absolute atomic E-state index is 0.0371. The molecule has 1 unspecified atom stereocenters. The zero-order valence-electron chi connectivity index (χ0n) is 12.6. The Balaban J connectivity index is 1.94. The number of nitrogens with one attached hydrogen (secondary N) is 2. The average Bonchev–Trinajstić information content (AvgIpc) is 2.97. The Hall–Kier alpha value is -1.07. The molecule has 116 valence electrons. The van der Waals surface area contributed by atoms with Gasteiger partial charge in [0.2, 0.25) is 0 Å².